The number of carbonyl (C=O) groups is 1. The Morgan fingerprint density at radius 3 is 2.67 bits per heavy atom. The molecule has 0 amide bonds. The molecule has 2 aromatic carbocycles. The van der Waals surface area contributed by atoms with Gasteiger partial charge in [-0.3, -0.25) is 9.78 Å². The van der Waals surface area contributed by atoms with Gasteiger partial charge in [0.1, 0.15) is 5.82 Å². The number of Topliss-reactive ketones (excluding diaryl/α,β-unsaturated/α-hetero) is 1. The van der Waals surface area contributed by atoms with Crippen molar-refractivity contribution in [2.24, 2.45) is 0 Å². The minimum Gasteiger partial charge on any atom is -0.380 e. The fraction of sp³-hybridized carbons (Fsp3) is 0.208. The highest BCUT2D eigenvalue weighted by Crippen LogP contribution is 2.33. The summed E-state index contributed by atoms with van der Waals surface area (Å²) in [6, 6.07) is 10.9. The van der Waals surface area contributed by atoms with Crippen molar-refractivity contribution in [3.63, 3.8) is 0 Å². The van der Waals surface area contributed by atoms with Crippen molar-refractivity contribution in [1.82, 2.24) is 4.98 Å². The van der Waals surface area contributed by atoms with E-state index in [0.29, 0.717) is 23.4 Å². The van der Waals surface area contributed by atoms with Gasteiger partial charge in [-0.1, -0.05) is 36.7 Å². The van der Waals surface area contributed by atoms with Crippen molar-refractivity contribution in [3.05, 3.63) is 81.3 Å². The first-order valence-corrected chi connectivity index (χ1v) is 10.0. The van der Waals surface area contributed by atoms with Gasteiger partial charge in [0.25, 0.3) is 0 Å². The average Bonchev–Trinajstić information content (AvgIpc) is 2.71. The Balaban J connectivity index is 1.96. The molecule has 1 aromatic heterocycles. The number of ketones is 1. The normalized spacial score (nSPS) is 10.7. The smallest absolute Gasteiger partial charge is 0.160 e. The van der Waals surface area contributed by atoms with Crippen LogP contribution in [0.2, 0.25) is 5.02 Å². The summed E-state index contributed by atoms with van der Waals surface area (Å²) in [4.78, 5) is 15.9. The third kappa shape index (κ3) is 4.57. The fourth-order valence-corrected chi connectivity index (χ4v) is 3.75. The van der Waals surface area contributed by atoms with E-state index in [1.807, 2.05) is 44.2 Å². The number of nitrogens with one attached hydrogen (secondary N) is 2. The lowest BCUT2D eigenvalue weighted by molar-refractivity contribution is 0.101. The number of aryl methyl sites for hydroxylation is 2. The second-order valence-electron chi connectivity index (χ2n) is 7.16. The molecule has 0 bridgehead atoms. The zero-order chi connectivity index (χ0) is 21.8. The number of carbonyl (C=O) groups excluding carboxylic acids is 1. The highest BCUT2D eigenvalue weighted by atomic mass is 35.5. The second-order valence-corrected chi connectivity index (χ2v) is 7.56. The molecule has 0 radical (unpaired) electrons. The van der Waals surface area contributed by atoms with Gasteiger partial charge < -0.3 is 10.7 Å². The molecular formula is C24H23ClFN3O. The average molecular weight is 424 g/mol. The molecule has 2 N–H and O–H groups in total. The van der Waals surface area contributed by atoms with Crippen molar-refractivity contribution in [3.8, 4) is 11.3 Å². The minimum atomic E-state index is -0.508. The molecular weight excluding hydrogens is 401 g/mol. The minimum absolute atomic E-state index is 0.0597. The Kier molecular flexibility index (Phi) is 6.63. The quantitative estimate of drug-likeness (QED) is 0.350. The third-order valence-corrected chi connectivity index (χ3v) is 5.23. The number of halogens is 2. The predicted octanol–water partition coefficient (Wildman–Crippen LogP) is 6.22. The highest BCUT2D eigenvalue weighted by Gasteiger charge is 2.15. The van der Waals surface area contributed by atoms with Crippen LogP contribution in [0.3, 0.4) is 0 Å². The van der Waals surface area contributed by atoms with Crippen molar-refractivity contribution in [2.75, 3.05) is 5.32 Å². The number of hydrogen-bond donors (Lipinski definition) is 2. The monoisotopic (exact) mass is 423 g/mol. The van der Waals surface area contributed by atoms with Gasteiger partial charge in [0, 0.05) is 35.1 Å². The lowest BCUT2D eigenvalue weighted by atomic mass is 9.98. The molecule has 6 heteroatoms. The van der Waals surface area contributed by atoms with Crippen LogP contribution in [0.15, 0.2) is 42.6 Å². The first kappa shape index (κ1) is 21.7. The molecule has 0 fully saturated rings. The van der Waals surface area contributed by atoms with Gasteiger partial charge in [0.2, 0.25) is 0 Å². The molecule has 30 heavy (non-hydrogen) atoms. The van der Waals surface area contributed by atoms with Crippen LogP contribution in [-0.4, -0.2) is 17.0 Å². The van der Waals surface area contributed by atoms with Gasteiger partial charge in [-0.15, -0.1) is 0 Å². The van der Waals surface area contributed by atoms with Gasteiger partial charge in [0.15, 0.2) is 5.78 Å². The van der Waals surface area contributed by atoms with Crippen LogP contribution in [-0.2, 0) is 13.0 Å². The lowest BCUT2D eigenvalue weighted by Gasteiger charge is -2.16. The van der Waals surface area contributed by atoms with E-state index in [1.54, 1.807) is 6.92 Å². The standard InChI is InChI=1S/C24H23ClFN3O/c1-4-17-9-16(5-6-19(17)15(3)30)12-28-23-8-14(2)7-20(21(23)11-27)24-22(25)10-18(26)13-29-24/h5-11,13,27-28H,4,12H2,1-3H3. The van der Waals surface area contributed by atoms with E-state index in [2.05, 4.69) is 10.3 Å². The zero-order valence-electron chi connectivity index (χ0n) is 17.1. The number of hydrogen-bond acceptors (Lipinski definition) is 4. The Labute approximate surface area is 180 Å². The summed E-state index contributed by atoms with van der Waals surface area (Å²) in [7, 11) is 0. The van der Waals surface area contributed by atoms with E-state index in [-0.39, 0.29) is 10.8 Å². The number of anilines is 1. The molecule has 3 rings (SSSR count). The third-order valence-electron chi connectivity index (χ3n) is 4.94. The van der Waals surface area contributed by atoms with Crippen LogP contribution in [0, 0.1) is 18.2 Å². The molecule has 1 heterocycles. The molecule has 0 unspecified atom stereocenters. The maximum absolute atomic E-state index is 13.4. The van der Waals surface area contributed by atoms with Crippen molar-refractivity contribution < 1.29 is 9.18 Å². The number of rotatable bonds is 7. The summed E-state index contributed by atoms with van der Waals surface area (Å²) >= 11 is 6.22. The number of nitrogens with zero attached hydrogens (tertiary/aromatic N) is 1. The summed E-state index contributed by atoms with van der Waals surface area (Å²) in [6.45, 7) is 6.07. The Morgan fingerprint density at radius 1 is 1.27 bits per heavy atom. The molecule has 4 nitrogen and oxygen atoms in total. The molecule has 3 aromatic rings. The number of pyridine rings is 1. The van der Waals surface area contributed by atoms with Crippen LogP contribution >= 0.6 is 11.6 Å². The van der Waals surface area contributed by atoms with Gasteiger partial charge in [0.05, 0.1) is 16.9 Å². The van der Waals surface area contributed by atoms with Crippen LogP contribution in [0.25, 0.3) is 11.3 Å². The number of aromatic nitrogens is 1. The maximum Gasteiger partial charge on any atom is 0.160 e. The summed E-state index contributed by atoms with van der Waals surface area (Å²) < 4.78 is 13.4. The molecule has 0 atom stereocenters. The topological polar surface area (TPSA) is 65.8 Å². The summed E-state index contributed by atoms with van der Waals surface area (Å²) in [5, 5.41) is 11.5. The van der Waals surface area contributed by atoms with Crippen LogP contribution in [0.4, 0.5) is 10.1 Å². The van der Waals surface area contributed by atoms with Crippen LogP contribution in [0.5, 0.6) is 0 Å². The summed E-state index contributed by atoms with van der Waals surface area (Å²) in [5.41, 5.74) is 6.24. The maximum atomic E-state index is 13.4. The Hall–Kier alpha value is -3.05. The van der Waals surface area contributed by atoms with E-state index in [4.69, 9.17) is 17.0 Å². The van der Waals surface area contributed by atoms with Crippen LogP contribution in [0.1, 0.15) is 46.5 Å². The van der Waals surface area contributed by atoms with E-state index >= 15 is 0 Å². The highest BCUT2D eigenvalue weighted by molar-refractivity contribution is 6.33. The first-order valence-electron chi connectivity index (χ1n) is 9.67. The van der Waals surface area contributed by atoms with Gasteiger partial charge in [-0.05, 0) is 55.2 Å². The molecule has 154 valence electrons. The zero-order valence-corrected chi connectivity index (χ0v) is 17.9. The van der Waals surface area contributed by atoms with Gasteiger partial charge in [-0.25, -0.2) is 4.39 Å². The molecule has 0 aliphatic carbocycles. The van der Waals surface area contributed by atoms with E-state index in [9.17, 15) is 9.18 Å². The van der Waals surface area contributed by atoms with Gasteiger partial charge >= 0.3 is 0 Å². The molecule has 0 saturated carbocycles. The van der Waals surface area contributed by atoms with E-state index < -0.39 is 5.82 Å². The van der Waals surface area contributed by atoms with E-state index in [0.717, 1.165) is 40.6 Å². The molecule has 0 aliphatic rings. The van der Waals surface area contributed by atoms with Crippen LogP contribution < -0.4 is 5.32 Å². The fourth-order valence-electron chi connectivity index (χ4n) is 3.50. The molecule has 0 aliphatic heterocycles. The van der Waals surface area contributed by atoms with Crippen molar-refractivity contribution >= 4 is 29.3 Å². The van der Waals surface area contributed by atoms with E-state index in [1.165, 1.54) is 12.3 Å². The number of benzene rings is 2. The molecule has 0 saturated heterocycles. The summed E-state index contributed by atoms with van der Waals surface area (Å²) in [5.74, 6) is -0.448. The van der Waals surface area contributed by atoms with Crippen molar-refractivity contribution in [2.45, 2.75) is 33.7 Å². The largest absolute Gasteiger partial charge is 0.380 e. The lowest BCUT2D eigenvalue weighted by Crippen LogP contribution is -2.06. The Morgan fingerprint density at radius 2 is 2.03 bits per heavy atom. The predicted molar refractivity (Wildman–Crippen MR) is 120 cm³/mol. The van der Waals surface area contributed by atoms with Crippen molar-refractivity contribution in [1.29, 1.82) is 5.41 Å². The summed E-state index contributed by atoms with van der Waals surface area (Å²) in [6.07, 6.45) is 3.14. The second kappa shape index (κ2) is 9.18. The first-order chi connectivity index (χ1) is 14.3. The SMILES string of the molecule is CCc1cc(CNc2cc(C)cc(-c3ncc(F)cc3Cl)c2C=N)ccc1C(C)=O. The van der Waals surface area contributed by atoms with Gasteiger partial charge in [-0.2, -0.15) is 0 Å². The molecule has 0 spiro atoms. The Bertz CT molecular complexity index is 1130.